The van der Waals surface area contributed by atoms with Crippen molar-refractivity contribution < 1.29 is 9.21 Å². The highest BCUT2D eigenvalue weighted by Gasteiger charge is 2.21. The van der Waals surface area contributed by atoms with E-state index in [1.807, 2.05) is 30.3 Å². The van der Waals surface area contributed by atoms with Crippen molar-refractivity contribution in [3.05, 3.63) is 42.2 Å². The second-order valence-electron chi connectivity index (χ2n) is 6.88. The van der Waals surface area contributed by atoms with E-state index in [1.165, 1.54) is 4.70 Å². The number of nitrogens with zero attached hydrogens (tertiary/aromatic N) is 1. The summed E-state index contributed by atoms with van der Waals surface area (Å²) in [6.45, 7) is 2.31. The Morgan fingerprint density at radius 1 is 1.15 bits per heavy atom. The van der Waals surface area contributed by atoms with E-state index in [0.717, 1.165) is 54.3 Å². The van der Waals surface area contributed by atoms with Gasteiger partial charge in [-0.3, -0.25) is 4.79 Å². The van der Waals surface area contributed by atoms with E-state index < -0.39 is 0 Å². The minimum atomic E-state index is 0.0689. The largest absolute Gasteiger partial charge is 0.457 e. The Bertz CT molecular complexity index is 860. The van der Waals surface area contributed by atoms with Crippen molar-refractivity contribution in [2.24, 2.45) is 0 Å². The number of rotatable bonds is 5. The first-order valence-corrected chi connectivity index (χ1v) is 9.94. The van der Waals surface area contributed by atoms with Crippen molar-refractivity contribution in [3.63, 3.8) is 0 Å². The van der Waals surface area contributed by atoms with Gasteiger partial charge in [0.1, 0.15) is 5.76 Å². The smallest absolute Gasteiger partial charge is 0.217 e. The molecule has 4 rings (SSSR count). The third-order valence-electron chi connectivity index (χ3n) is 4.87. The van der Waals surface area contributed by atoms with Crippen LogP contribution in [-0.4, -0.2) is 23.0 Å². The lowest BCUT2D eigenvalue weighted by Crippen LogP contribution is -2.41. The molecule has 0 aliphatic heterocycles. The van der Waals surface area contributed by atoms with Gasteiger partial charge in [0, 0.05) is 19.0 Å². The van der Waals surface area contributed by atoms with Gasteiger partial charge in [-0.25, -0.2) is 4.98 Å². The molecule has 136 valence electrons. The van der Waals surface area contributed by atoms with Gasteiger partial charge in [0.2, 0.25) is 5.91 Å². The van der Waals surface area contributed by atoms with Gasteiger partial charge in [0.25, 0.3) is 0 Å². The summed E-state index contributed by atoms with van der Waals surface area (Å²) >= 11 is 1.66. The number of para-hydroxylation sites is 1. The number of nitrogens with one attached hydrogen (secondary N) is 2. The summed E-state index contributed by atoms with van der Waals surface area (Å²) in [5.74, 6) is 1.83. The van der Waals surface area contributed by atoms with Crippen LogP contribution in [0.2, 0.25) is 0 Å². The minimum absolute atomic E-state index is 0.0689. The molecule has 1 fully saturated rings. The number of benzene rings is 1. The van der Waals surface area contributed by atoms with E-state index in [2.05, 4.69) is 21.7 Å². The van der Waals surface area contributed by atoms with E-state index in [-0.39, 0.29) is 5.91 Å². The van der Waals surface area contributed by atoms with Crippen molar-refractivity contribution >= 4 is 27.5 Å². The minimum Gasteiger partial charge on any atom is -0.457 e. The van der Waals surface area contributed by atoms with Crippen LogP contribution in [0, 0.1) is 0 Å². The number of fused-ring (bicyclic) bond motifs is 1. The highest BCUT2D eigenvalue weighted by molar-refractivity contribution is 7.21. The van der Waals surface area contributed by atoms with Crippen LogP contribution in [-0.2, 0) is 11.3 Å². The van der Waals surface area contributed by atoms with Gasteiger partial charge in [-0.2, -0.15) is 0 Å². The maximum absolute atomic E-state index is 11.1. The molecule has 0 saturated heterocycles. The van der Waals surface area contributed by atoms with Crippen molar-refractivity contribution in [2.75, 3.05) is 0 Å². The van der Waals surface area contributed by atoms with E-state index >= 15 is 0 Å². The molecule has 1 aliphatic rings. The third kappa shape index (κ3) is 3.97. The molecule has 26 heavy (non-hydrogen) atoms. The zero-order valence-electron chi connectivity index (χ0n) is 14.8. The van der Waals surface area contributed by atoms with E-state index in [9.17, 15) is 4.79 Å². The molecule has 2 heterocycles. The lowest BCUT2D eigenvalue weighted by Gasteiger charge is -2.29. The summed E-state index contributed by atoms with van der Waals surface area (Å²) in [6.07, 6.45) is 4.23. The second-order valence-corrected chi connectivity index (χ2v) is 7.91. The Morgan fingerprint density at radius 3 is 2.69 bits per heavy atom. The SMILES string of the molecule is CC(=O)NC1CCC(NCc2ccc(-c3nc4ccccc4s3)o2)CC1. The summed E-state index contributed by atoms with van der Waals surface area (Å²) < 4.78 is 7.17. The predicted molar refractivity (Wildman–Crippen MR) is 104 cm³/mol. The zero-order valence-corrected chi connectivity index (χ0v) is 15.6. The molecule has 1 saturated carbocycles. The summed E-state index contributed by atoms with van der Waals surface area (Å²) in [5.41, 5.74) is 1.01. The van der Waals surface area contributed by atoms with Gasteiger partial charge in [-0.15, -0.1) is 11.3 Å². The number of hydrogen-bond acceptors (Lipinski definition) is 5. The number of carbonyl (C=O) groups excluding carboxylic acids is 1. The highest BCUT2D eigenvalue weighted by Crippen LogP contribution is 2.31. The average Bonchev–Trinajstić information content (AvgIpc) is 3.27. The fourth-order valence-corrected chi connectivity index (χ4v) is 4.47. The molecule has 6 heteroatoms. The van der Waals surface area contributed by atoms with Gasteiger partial charge >= 0.3 is 0 Å². The van der Waals surface area contributed by atoms with Crippen LogP contribution in [0.25, 0.3) is 21.0 Å². The summed E-state index contributed by atoms with van der Waals surface area (Å²) in [5, 5.41) is 7.52. The average molecular weight is 369 g/mol. The first-order chi connectivity index (χ1) is 12.7. The maximum Gasteiger partial charge on any atom is 0.217 e. The standard InChI is InChI=1S/C20H23N3O2S/c1-13(24)22-15-8-6-14(7-9-15)21-12-16-10-11-18(25-16)20-23-17-4-2-3-5-19(17)26-20/h2-5,10-11,14-15,21H,6-9,12H2,1H3,(H,22,24). The summed E-state index contributed by atoms with van der Waals surface area (Å²) in [4.78, 5) is 15.8. The number of hydrogen-bond donors (Lipinski definition) is 2. The van der Waals surface area contributed by atoms with Crippen molar-refractivity contribution in [1.29, 1.82) is 0 Å². The molecule has 1 aliphatic carbocycles. The molecule has 0 unspecified atom stereocenters. The zero-order chi connectivity index (χ0) is 17.9. The van der Waals surface area contributed by atoms with Gasteiger partial charge in [0.05, 0.1) is 16.8 Å². The monoisotopic (exact) mass is 369 g/mol. The Hall–Kier alpha value is -2.18. The topological polar surface area (TPSA) is 67.2 Å². The Labute approximate surface area is 156 Å². The summed E-state index contributed by atoms with van der Waals surface area (Å²) in [6, 6.07) is 13.0. The fraction of sp³-hybridized carbons (Fsp3) is 0.400. The number of amides is 1. The normalized spacial score (nSPS) is 20.3. The molecule has 3 aromatic rings. The first kappa shape index (κ1) is 17.2. The van der Waals surface area contributed by atoms with E-state index in [0.29, 0.717) is 12.1 Å². The van der Waals surface area contributed by atoms with E-state index in [4.69, 9.17) is 4.42 Å². The number of aromatic nitrogens is 1. The van der Waals surface area contributed by atoms with Crippen LogP contribution in [0.5, 0.6) is 0 Å². The van der Waals surface area contributed by atoms with Crippen LogP contribution < -0.4 is 10.6 Å². The van der Waals surface area contributed by atoms with Gasteiger partial charge in [0.15, 0.2) is 10.8 Å². The molecular formula is C20H23N3O2S. The Morgan fingerprint density at radius 2 is 1.92 bits per heavy atom. The second kappa shape index (κ2) is 7.60. The number of furan rings is 1. The molecule has 2 N–H and O–H groups in total. The Kier molecular flexibility index (Phi) is 5.04. The van der Waals surface area contributed by atoms with Crippen LogP contribution >= 0.6 is 11.3 Å². The van der Waals surface area contributed by atoms with E-state index in [1.54, 1.807) is 18.3 Å². The molecule has 1 amide bonds. The molecule has 2 aromatic heterocycles. The fourth-order valence-electron chi connectivity index (χ4n) is 3.54. The van der Waals surface area contributed by atoms with Gasteiger partial charge < -0.3 is 15.1 Å². The third-order valence-corrected chi connectivity index (χ3v) is 5.92. The molecule has 0 radical (unpaired) electrons. The lowest BCUT2D eigenvalue weighted by molar-refractivity contribution is -0.119. The van der Waals surface area contributed by atoms with Crippen LogP contribution in [0.4, 0.5) is 0 Å². The van der Waals surface area contributed by atoms with Crippen LogP contribution in [0.1, 0.15) is 38.4 Å². The quantitative estimate of drug-likeness (QED) is 0.711. The predicted octanol–water partition coefficient (Wildman–Crippen LogP) is 4.09. The number of thiazole rings is 1. The molecule has 0 bridgehead atoms. The number of carbonyl (C=O) groups is 1. The van der Waals surface area contributed by atoms with Crippen molar-refractivity contribution in [2.45, 2.75) is 51.2 Å². The highest BCUT2D eigenvalue weighted by atomic mass is 32.1. The Balaban J connectivity index is 1.32. The molecule has 5 nitrogen and oxygen atoms in total. The van der Waals surface area contributed by atoms with Crippen LogP contribution in [0.15, 0.2) is 40.8 Å². The molecule has 0 spiro atoms. The maximum atomic E-state index is 11.1. The van der Waals surface area contributed by atoms with Crippen molar-refractivity contribution in [1.82, 2.24) is 15.6 Å². The van der Waals surface area contributed by atoms with Crippen molar-refractivity contribution in [3.8, 4) is 10.8 Å². The first-order valence-electron chi connectivity index (χ1n) is 9.12. The molecule has 1 aromatic carbocycles. The van der Waals surface area contributed by atoms with Crippen LogP contribution in [0.3, 0.4) is 0 Å². The molecular weight excluding hydrogens is 346 g/mol. The molecule has 0 atom stereocenters. The lowest BCUT2D eigenvalue weighted by atomic mass is 9.91. The van der Waals surface area contributed by atoms with Gasteiger partial charge in [-0.05, 0) is 49.9 Å². The summed E-state index contributed by atoms with van der Waals surface area (Å²) in [7, 11) is 0. The van der Waals surface area contributed by atoms with Gasteiger partial charge in [-0.1, -0.05) is 12.1 Å².